The molecule has 2 aromatic rings. The molecule has 0 saturated carbocycles. The molecular formula is C18H22FNO. The molecular weight excluding hydrogens is 265 g/mol. The van der Waals surface area contributed by atoms with E-state index in [0.29, 0.717) is 12.2 Å². The maximum absolute atomic E-state index is 14.1. The summed E-state index contributed by atoms with van der Waals surface area (Å²) < 4.78 is 19.9. The summed E-state index contributed by atoms with van der Waals surface area (Å²) in [4.78, 5) is 0. The number of hydrogen-bond donors (Lipinski definition) is 1. The molecule has 0 amide bonds. The minimum absolute atomic E-state index is 0.00824. The third kappa shape index (κ3) is 3.82. The van der Waals surface area contributed by atoms with Crippen molar-refractivity contribution in [1.29, 1.82) is 0 Å². The van der Waals surface area contributed by atoms with Gasteiger partial charge in [-0.15, -0.1) is 0 Å². The second-order valence-electron chi connectivity index (χ2n) is 5.45. The maximum atomic E-state index is 14.1. The molecule has 0 aliphatic rings. The Morgan fingerprint density at radius 1 is 1.14 bits per heavy atom. The molecule has 1 atom stereocenters. The van der Waals surface area contributed by atoms with Crippen LogP contribution >= 0.6 is 0 Å². The minimum atomic E-state index is -0.353. The van der Waals surface area contributed by atoms with Crippen LogP contribution in [0.4, 0.5) is 4.39 Å². The van der Waals surface area contributed by atoms with E-state index in [0.717, 1.165) is 17.5 Å². The number of para-hydroxylation sites is 1. The summed E-state index contributed by atoms with van der Waals surface area (Å²) in [6, 6.07) is 10.7. The molecule has 0 radical (unpaired) electrons. The number of aryl methyl sites for hydroxylation is 2. The Balaban J connectivity index is 2.31. The van der Waals surface area contributed by atoms with Crippen LogP contribution in [0.25, 0.3) is 0 Å². The van der Waals surface area contributed by atoms with Crippen LogP contribution in [-0.4, -0.2) is 6.04 Å². The molecule has 0 aliphatic heterocycles. The Kier molecular flexibility index (Phi) is 4.97. The maximum Gasteiger partial charge on any atom is 0.166 e. The SMILES string of the molecule is CCC(N)Cc1cccc(F)c1Oc1ccc(C)c(C)c1. The Morgan fingerprint density at radius 3 is 2.57 bits per heavy atom. The molecule has 0 fully saturated rings. The van der Waals surface area contributed by atoms with Crippen LogP contribution in [0.15, 0.2) is 36.4 Å². The van der Waals surface area contributed by atoms with Gasteiger partial charge in [-0.25, -0.2) is 4.39 Å². The second-order valence-corrected chi connectivity index (χ2v) is 5.45. The Bertz CT molecular complexity index is 625. The van der Waals surface area contributed by atoms with Gasteiger partial charge in [0, 0.05) is 6.04 Å². The largest absolute Gasteiger partial charge is 0.454 e. The first kappa shape index (κ1) is 15.5. The van der Waals surface area contributed by atoms with Gasteiger partial charge in [-0.3, -0.25) is 0 Å². The summed E-state index contributed by atoms with van der Waals surface area (Å²) in [7, 11) is 0. The minimum Gasteiger partial charge on any atom is -0.454 e. The lowest BCUT2D eigenvalue weighted by Crippen LogP contribution is -2.21. The van der Waals surface area contributed by atoms with Crippen molar-refractivity contribution in [2.45, 2.75) is 39.7 Å². The van der Waals surface area contributed by atoms with Gasteiger partial charge in [0.1, 0.15) is 5.75 Å². The second kappa shape index (κ2) is 6.72. The van der Waals surface area contributed by atoms with Crippen molar-refractivity contribution in [3.63, 3.8) is 0 Å². The molecule has 2 nitrogen and oxygen atoms in total. The van der Waals surface area contributed by atoms with Gasteiger partial charge in [-0.05, 0) is 61.6 Å². The number of halogens is 1. The van der Waals surface area contributed by atoms with Crippen LogP contribution in [-0.2, 0) is 6.42 Å². The number of nitrogens with two attached hydrogens (primary N) is 1. The summed E-state index contributed by atoms with van der Waals surface area (Å²) in [5.74, 6) is 0.577. The van der Waals surface area contributed by atoms with Gasteiger partial charge in [0.25, 0.3) is 0 Å². The highest BCUT2D eigenvalue weighted by Gasteiger charge is 2.13. The van der Waals surface area contributed by atoms with Gasteiger partial charge < -0.3 is 10.5 Å². The van der Waals surface area contributed by atoms with Crippen LogP contribution in [0, 0.1) is 19.7 Å². The quantitative estimate of drug-likeness (QED) is 0.877. The highest BCUT2D eigenvalue weighted by molar-refractivity contribution is 5.41. The van der Waals surface area contributed by atoms with Gasteiger partial charge in [-0.1, -0.05) is 25.1 Å². The molecule has 0 spiro atoms. The first-order valence-electron chi connectivity index (χ1n) is 7.29. The third-order valence-electron chi connectivity index (χ3n) is 3.75. The van der Waals surface area contributed by atoms with Crippen molar-refractivity contribution in [2.24, 2.45) is 5.73 Å². The monoisotopic (exact) mass is 287 g/mol. The lowest BCUT2D eigenvalue weighted by atomic mass is 10.0. The van der Waals surface area contributed by atoms with Gasteiger partial charge in [-0.2, -0.15) is 0 Å². The van der Waals surface area contributed by atoms with E-state index in [-0.39, 0.29) is 17.6 Å². The molecule has 0 bridgehead atoms. The zero-order valence-corrected chi connectivity index (χ0v) is 12.8. The first-order valence-corrected chi connectivity index (χ1v) is 7.29. The summed E-state index contributed by atoms with van der Waals surface area (Å²) in [5.41, 5.74) is 9.10. The summed E-state index contributed by atoms with van der Waals surface area (Å²) in [6.07, 6.45) is 1.45. The number of ether oxygens (including phenoxy) is 1. The van der Waals surface area contributed by atoms with Crippen molar-refractivity contribution in [3.8, 4) is 11.5 Å². The number of benzene rings is 2. The summed E-state index contributed by atoms with van der Waals surface area (Å²) in [6.45, 7) is 6.07. The molecule has 2 rings (SSSR count). The van der Waals surface area contributed by atoms with Gasteiger partial charge >= 0.3 is 0 Å². The highest BCUT2D eigenvalue weighted by Crippen LogP contribution is 2.30. The van der Waals surface area contributed by atoms with E-state index in [1.54, 1.807) is 6.07 Å². The van der Waals surface area contributed by atoms with Crippen molar-refractivity contribution >= 4 is 0 Å². The number of hydrogen-bond acceptors (Lipinski definition) is 2. The molecule has 2 N–H and O–H groups in total. The smallest absolute Gasteiger partial charge is 0.166 e. The Hall–Kier alpha value is -1.87. The fourth-order valence-corrected chi connectivity index (χ4v) is 2.15. The fraction of sp³-hybridized carbons (Fsp3) is 0.333. The fourth-order valence-electron chi connectivity index (χ4n) is 2.15. The highest BCUT2D eigenvalue weighted by atomic mass is 19.1. The lowest BCUT2D eigenvalue weighted by Gasteiger charge is -2.15. The average Bonchev–Trinajstić information content (AvgIpc) is 2.46. The molecule has 0 aliphatic carbocycles. The summed E-state index contributed by atoms with van der Waals surface area (Å²) >= 11 is 0. The molecule has 3 heteroatoms. The zero-order chi connectivity index (χ0) is 15.4. The van der Waals surface area contributed by atoms with E-state index in [2.05, 4.69) is 0 Å². The van der Waals surface area contributed by atoms with E-state index >= 15 is 0 Å². The standard InChI is InChI=1S/C18H22FNO/c1-4-15(20)11-14-6-5-7-17(19)18(14)21-16-9-8-12(2)13(3)10-16/h5-10,15H,4,11,20H2,1-3H3. The predicted molar refractivity (Wildman–Crippen MR) is 84.4 cm³/mol. The van der Waals surface area contributed by atoms with Crippen molar-refractivity contribution in [2.75, 3.05) is 0 Å². The van der Waals surface area contributed by atoms with Crippen LogP contribution in [0.3, 0.4) is 0 Å². The predicted octanol–water partition coefficient (Wildman–Crippen LogP) is 4.51. The third-order valence-corrected chi connectivity index (χ3v) is 3.75. The Labute approximate surface area is 125 Å². The van der Waals surface area contributed by atoms with E-state index < -0.39 is 0 Å². The van der Waals surface area contributed by atoms with E-state index in [4.69, 9.17) is 10.5 Å². The van der Waals surface area contributed by atoms with Crippen molar-refractivity contribution in [1.82, 2.24) is 0 Å². The zero-order valence-electron chi connectivity index (χ0n) is 12.8. The van der Waals surface area contributed by atoms with Gasteiger partial charge in [0.15, 0.2) is 11.6 Å². The molecule has 21 heavy (non-hydrogen) atoms. The molecule has 0 heterocycles. The molecule has 2 aromatic carbocycles. The van der Waals surface area contributed by atoms with Crippen LogP contribution < -0.4 is 10.5 Å². The van der Waals surface area contributed by atoms with Crippen molar-refractivity contribution < 1.29 is 9.13 Å². The average molecular weight is 287 g/mol. The molecule has 0 aromatic heterocycles. The molecule has 0 saturated heterocycles. The van der Waals surface area contributed by atoms with E-state index in [1.165, 1.54) is 11.6 Å². The lowest BCUT2D eigenvalue weighted by molar-refractivity contribution is 0.433. The topological polar surface area (TPSA) is 35.2 Å². The van der Waals surface area contributed by atoms with Crippen LogP contribution in [0.2, 0.25) is 0 Å². The summed E-state index contributed by atoms with van der Waals surface area (Å²) in [5, 5.41) is 0. The Morgan fingerprint density at radius 2 is 1.90 bits per heavy atom. The van der Waals surface area contributed by atoms with Crippen LogP contribution in [0.1, 0.15) is 30.0 Å². The number of rotatable bonds is 5. The first-order chi connectivity index (χ1) is 10.0. The molecule has 1 unspecified atom stereocenters. The van der Waals surface area contributed by atoms with Gasteiger partial charge in [0.05, 0.1) is 0 Å². The van der Waals surface area contributed by atoms with Crippen LogP contribution in [0.5, 0.6) is 11.5 Å². The van der Waals surface area contributed by atoms with Crippen molar-refractivity contribution in [3.05, 3.63) is 58.9 Å². The normalized spacial score (nSPS) is 12.2. The molecule has 112 valence electrons. The van der Waals surface area contributed by atoms with E-state index in [1.807, 2.05) is 45.0 Å². The van der Waals surface area contributed by atoms with E-state index in [9.17, 15) is 4.39 Å². The van der Waals surface area contributed by atoms with Gasteiger partial charge in [0.2, 0.25) is 0 Å².